The molecule has 1 N–H and O–H groups in total. The molecule has 0 aromatic rings. The molecular weight excluding hydrogens is 408 g/mol. The number of allylic oxidation sites excluding steroid dienone is 7. The maximum atomic E-state index is 10.4. The van der Waals surface area contributed by atoms with Crippen LogP contribution < -0.4 is 0 Å². The number of hydrogen-bond acceptors (Lipinski definition) is 5. The molecule has 3 unspecified atom stereocenters. The Kier molecular flexibility index (Phi) is 8.28. The molecule has 1 aliphatic carbocycles. The van der Waals surface area contributed by atoms with Gasteiger partial charge in [0.25, 0.3) is 0 Å². The maximum absolute atomic E-state index is 10.4. The Balaban J connectivity index is 1.53. The Labute approximate surface area is 191 Å². The van der Waals surface area contributed by atoms with Crippen LogP contribution in [-0.2, 0) is 23.7 Å². The van der Waals surface area contributed by atoms with E-state index in [4.69, 9.17) is 24.1 Å². The summed E-state index contributed by atoms with van der Waals surface area (Å²) in [4.78, 5) is 10.4. The molecule has 3 fully saturated rings. The lowest BCUT2D eigenvalue weighted by Gasteiger charge is -2.43. The normalized spacial score (nSPS) is 36.6. The maximum Gasteiger partial charge on any atom is 0.328 e. The fraction of sp³-hybridized carbons (Fsp3) is 0.577. The van der Waals surface area contributed by atoms with Crippen molar-refractivity contribution in [3.05, 3.63) is 60.3 Å². The Hall–Kier alpha value is -1.99. The molecule has 3 rings (SSSR count). The first-order chi connectivity index (χ1) is 15.3. The van der Waals surface area contributed by atoms with E-state index in [1.54, 1.807) is 19.3 Å². The summed E-state index contributed by atoms with van der Waals surface area (Å²) in [7, 11) is 1.76. The summed E-state index contributed by atoms with van der Waals surface area (Å²) in [5.41, 5.74) is 0.932. The first-order valence-electron chi connectivity index (χ1n) is 11.3. The van der Waals surface area contributed by atoms with Crippen molar-refractivity contribution in [3.63, 3.8) is 0 Å². The molecule has 0 aromatic carbocycles. The number of carboxylic acids is 1. The highest BCUT2D eigenvalue weighted by molar-refractivity contribution is 5.80. The average Bonchev–Trinajstić information content (AvgIpc) is 3.65. The Bertz CT molecular complexity index is 799. The lowest BCUT2D eigenvalue weighted by Crippen LogP contribution is -2.55. The molecule has 2 saturated heterocycles. The standard InChI is InChI=1S/C26H36O6/c1-19(2)13-14-21-25(3,32-21)24-23(29-4)20(15-16-26(24)18-31-26)30-17-11-9-7-5-6-8-10-12-22(27)28/h5-13,20-21,23-24H,14-18H2,1-4H3,(H,27,28)/t20?,21?,23?,24-,25-,26-/m0/s1. The molecule has 2 aliphatic heterocycles. The van der Waals surface area contributed by atoms with Gasteiger partial charge in [0, 0.05) is 13.2 Å². The van der Waals surface area contributed by atoms with Gasteiger partial charge in [0.2, 0.25) is 0 Å². The number of methoxy groups -OCH3 is 1. The summed E-state index contributed by atoms with van der Waals surface area (Å²) >= 11 is 0. The van der Waals surface area contributed by atoms with E-state index in [-0.39, 0.29) is 35.4 Å². The van der Waals surface area contributed by atoms with E-state index in [0.29, 0.717) is 6.61 Å². The Morgan fingerprint density at radius 1 is 1.16 bits per heavy atom. The van der Waals surface area contributed by atoms with Crippen LogP contribution in [0.4, 0.5) is 0 Å². The van der Waals surface area contributed by atoms with Gasteiger partial charge in [-0.3, -0.25) is 0 Å². The highest BCUT2D eigenvalue weighted by Gasteiger charge is 2.71. The van der Waals surface area contributed by atoms with Gasteiger partial charge in [0.1, 0.15) is 5.60 Å². The average molecular weight is 445 g/mol. The van der Waals surface area contributed by atoms with Crippen LogP contribution in [-0.4, -0.2) is 60.9 Å². The van der Waals surface area contributed by atoms with Gasteiger partial charge >= 0.3 is 5.97 Å². The van der Waals surface area contributed by atoms with Gasteiger partial charge in [0.15, 0.2) is 0 Å². The minimum Gasteiger partial charge on any atom is -0.478 e. The van der Waals surface area contributed by atoms with Crippen molar-refractivity contribution in [3.8, 4) is 0 Å². The molecule has 6 heteroatoms. The molecule has 2 heterocycles. The van der Waals surface area contributed by atoms with Crippen LogP contribution >= 0.6 is 0 Å². The van der Waals surface area contributed by atoms with E-state index in [1.165, 1.54) is 11.6 Å². The van der Waals surface area contributed by atoms with Crippen molar-refractivity contribution in [1.29, 1.82) is 0 Å². The van der Waals surface area contributed by atoms with Crippen molar-refractivity contribution in [1.82, 2.24) is 0 Å². The van der Waals surface area contributed by atoms with E-state index in [9.17, 15) is 4.79 Å². The smallest absolute Gasteiger partial charge is 0.328 e. The molecule has 3 aliphatic rings. The predicted octanol–water partition coefficient (Wildman–Crippen LogP) is 4.39. The summed E-state index contributed by atoms with van der Waals surface area (Å²) in [6.45, 7) is 7.70. The van der Waals surface area contributed by atoms with Gasteiger partial charge in [-0.25, -0.2) is 4.79 Å². The van der Waals surface area contributed by atoms with Crippen molar-refractivity contribution >= 4 is 5.97 Å². The van der Waals surface area contributed by atoms with Gasteiger partial charge in [-0.15, -0.1) is 0 Å². The van der Waals surface area contributed by atoms with E-state index >= 15 is 0 Å². The highest BCUT2D eigenvalue weighted by Crippen LogP contribution is 2.59. The number of aliphatic carboxylic acids is 1. The molecule has 1 saturated carbocycles. The minimum atomic E-state index is -0.959. The molecule has 0 aromatic heterocycles. The third-order valence-electron chi connectivity index (χ3n) is 6.57. The Morgan fingerprint density at radius 3 is 2.47 bits per heavy atom. The van der Waals surface area contributed by atoms with Crippen molar-refractivity contribution in [2.24, 2.45) is 5.92 Å². The quantitative estimate of drug-likeness (QED) is 0.220. The van der Waals surface area contributed by atoms with Gasteiger partial charge in [-0.05, 0) is 40.0 Å². The first kappa shape index (κ1) is 24.6. The van der Waals surface area contributed by atoms with Crippen LogP contribution in [0, 0.1) is 5.92 Å². The van der Waals surface area contributed by atoms with E-state index in [2.05, 4.69) is 26.8 Å². The fourth-order valence-electron chi connectivity index (χ4n) is 4.83. The second kappa shape index (κ2) is 10.8. The molecule has 1 spiro atoms. The number of epoxide rings is 2. The van der Waals surface area contributed by atoms with Crippen molar-refractivity contribution in [2.75, 3.05) is 20.3 Å². The third-order valence-corrected chi connectivity index (χ3v) is 6.57. The first-order valence-corrected chi connectivity index (χ1v) is 11.3. The minimum absolute atomic E-state index is 0.000338. The lowest BCUT2D eigenvalue weighted by molar-refractivity contribution is -0.134. The Morgan fingerprint density at radius 2 is 1.84 bits per heavy atom. The van der Waals surface area contributed by atoms with Crippen LogP contribution in [0.3, 0.4) is 0 Å². The molecule has 32 heavy (non-hydrogen) atoms. The zero-order valence-corrected chi connectivity index (χ0v) is 19.5. The van der Waals surface area contributed by atoms with Crippen LogP contribution in [0.1, 0.15) is 40.0 Å². The van der Waals surface area contributed by atoms with Crippen LogP contribution in [0.2, 0.25) is 0 Å². The lowest BCUT2D eigenvalue weighted by atomic mass is 9.68. The molecule has 0 radical (unpaired) electrons. The zero-order chi connectivity index (χ0) is 23.2. The molecule has 6 atom stereocenters. The van der Waals surface area contributed by atoms with Crippen molar-refractivity contribution < 1.29 is 28.8 Å². The second-order valence-corrected chi connectivity index (χ2v) is 9.14. The molecule has 176 valence electrons. The van der Waals surface area contributed by atoms with E-state index in [1.807, 2.05) is 24.3 Å². The fourth-order valence-corrected chi connectivity index (χ4v) is 4.83. The number of hydrogen-bond donors (Lipinski definition) is 1. The molecular formula is C26H36O6. The van der Waals surface area contributed by atoms with Gasteiger partial charge in [-0.2, -0.15) is 0 Å². The van der Waals surface area contributed by atoms with Crippen LogP contribution in [0.5, 0.6) is 0 Å². The van der Waals surface area contributed by atoms with Gasteiger partial charge in [0.05, 0.1) is 43.0 Å². The molecule has 0 bridgehead atoms. The largest absolute Gasteiger partial charge is 0.478 e. The number of rotatable bonds is 11. The van der Waals surface area contributed by atoms with Crippen LogP contribution in [0.15, 0.2) is 60.3 Å². The SMILES string of the molecule is COC1C(OCC=CC=CC=CC=CC(=O)O)CC[C@]2(CO2)[C@@H]1[C@@]1(C)OC1CC=C(C)C. The molecule has 6 nitrogen and oxygen atoms in total. The number of ether oxygens (including phenoxy) is 4. The zero-order valence-electron chi connectivity index (χ0n) is 19.5. The highest BCUT2D eigenvalue weighted by atomic mass is 16.6. The third kappa shape index (κ3) is 6.07. The van der Waals surface area contributed by atoms with E-state index in [0.717, 1.165) is 31.9 Å². The van der Waals surface area contributed by atoms with Crippen molar-refractivity contribution in [2.45, 2.75) is 69.5 Å². The summed E-state index contributed by atoms with van der Waals surface area (Å²) in [5.74, 6) is -0.804. The summed E-state index contributed by atoms with van der Waals surface area (Å²) in [6.07, 6.45) is 18.8. The van der Waals surface area contributed by atoms with Gasteiger partial charge in [-0.1, -0.05) is 54.2 Å². The van der Waals surface area contributed by atoms with Crippen LogP contribution in [0.25, 0.3) is 0 Å². The summed E-state index contributed by atoms with van der Waals surface area (Å²) in [5, 5.41) is 8.52. The number of carbonyl (C=O) groups is 1. The predicted molar refractivity (Wildman–Crippen MR) is 123 cm³/mol. The number of carboxylic acid groups (broad SMARTS) is 1. The van der Waals surface area contributed by atoms with Gasteiger partial charge < -0.3 is 24.1 Å². The summed E-state index contributed by atoms with van der Waals surface area (Å²) in [6, 6.07) is 0. The summed E-state index contributed by atoms with van der Waals surface area (Å²) < 4.78 is 24.4. The second-order valence-electron chi connectivity index (χ2n) is 9.14. The monoisotopic (exact) mass is 444 g/mol. The van der Waals surface area contributed by atoms with E-state index < -0.39 is 5.97 Å². The topological polar surface area (TPSA) is 80.8 Å². The molecule has 0 amide bonds.